The number of rotatable bonds is 7. The Bertz CT molecular complexity index is 1210. The Hall–Kier alpha value is -4.00. The van der Waals surface area contributed by atoms with E-state index in [1.807, 2.05) is 47.3 Å². The monoisotopic (exact) mass is 452 g/mol. The summed E-state index contributed by atoms with van der Waals surface area (Å²) in [7, 11) is 0. The average Bonchev–Trinajstić information content (AvgIpc) is 3.31. The lowest BCUT2D eigenvalue weighted by molar-refractivity contribution is -0.125. The number of hydrogen-bond acceptors (Lipinski definition) is 5. The SMILES string of the molecule is O=C(NCc1cn(Cc2ccccc2)nc1-c1ccccc1)[C@@H]1CCCN(c2cnccn2)C1. The van der Waals surface area contributed by atoms with Gasteiger partial charge in [-0.15, -0.1) is 0 Å². The normalized spacial score (nSPS) is 15.8. The number of nitrogens with one attached hydrogen (secondary N) is 1. The molecule has 3 heterocycles. The first-order valence-corrected chi connectivity index (χ1v) is 11.7. The van der Waals surface area contributed by atoms with Crippen molar-refractivity contribution >= 4 is 11.7 Å². The van der Waals surface area contributed by atoms with Gasteiger partial charge in [0.2, 0.25) is 5.91 Å². The molecule has 0 radical (unpaired) electrons. The third-order valence-corrected chi connectivity index (χ3v) is 6.19. The van der Waals surface area contributed by atoms with Crippen molar-refractivity contribution in [2.75, 3.05) is 18.0 Å². The zero-order valence-electron chi connectivity index (χ0n) is 19.0. The van der Waals surface area contributed by atoms with E-state index in [2.05, 4.69) is 44.5 Å². The molecule has 1 N–H and O–H groups in total. The second-order valence-electron chi connectivity index (χ2n) is 8.62. The van der Waals surface area contributed by atoms with Crippen LogP contribution >= 0.6 is 0 Å². The Labute approximate surface area is 199 Å². The van der Waals surface area contributed by atoms with Gasteiger partial charge in [0.1, 0.15) is 5.82 Å². The van der Waals surface area contributed by atoms with E-state index < -0.39 is 0 Å². The predicted octanol–water partition coefficient (Wildman–Crippen LogP) is 3.92. The van der Waals surface area contributed by atoms with Crippen LogP contribution in [0.4, 0.5) is 5.82 Å². The van der Waals surface area contributed by atoms with Gasteiger partial charge in [-0.25, -0.2) is 4.98 Å². The molecule has 0 saturated carbocycles. The van der Waals surface area contributed by atoms with Crippen LogP contribution in [0.15, 0.2) is 85.5 Å². The summed E-state index contributed by atoms with van der Waals surface area (Å²) < 4.78 is 1.95. The van der Waals surface area contributed by atoms with Crippen molar-refractivity contribution in [2.24, 2.45) is 5.92 Å². The van der Waals surface area contributed by atoms with Gasteiger partial charge in [0, 0.05) is 49.4 Å². The Morgan fingerprint density at radius 1 is 1.03 bits per heavy atom. The first kappa shape index (κ1) is 21.8. The van der Waals surface area contributed by atoms with Gasteiger partial charge in [-0.3, -0.25) is 14.5 Å². The summed E-state index contributed by atoms with van der Waals surface area (Å²) in [6, 6.07) is 20.4. The molecule has 0 spiro atoms. The quantitative estimate of drug-likeness (QED) is 0.460. The predicted molar refractivity (Wildman–Crippen MR) is 132 cm³/mol. The third kappa shape index (κ3) is 5.14. The molecule has 1 atom stereocenters. The number of hydrogen-bond donors (Lipinski definition) is 1. The first-order chi connectivity index (χ1) is 16.8. The zero-order chi connectivity index (χ0) is 23.2. The van der Waals surface area contributed by atoms with Gasteiger partial charge in [0.15, 0.2) is 0 Å². The Balaban J connectivity index is 1.29. The molecule has 1 saturated heterocycles. The molecule has 2 aromatic carbocycles. The molecule has 1 amide bonds. The van der Waals surface area contributed by atoms with E-state index in [4.69, 9.17) is 5.10 Å². The summed E-state index contributed by atoms with van der Waals surface area (Å²) in [5.74, 6) is 0.826. The number of carbonyl (C=O) groups excluding carboxylic acids is 1. The highest BCUT2D eigenvalue weighted by atomic mass is 16.1. The molecule has 172 valence electrons. The maximum atomic E-state index is 13.1. The molecule has 0 bridgehead atoms. The van der Waals surface area contributed by atoms with Gasteiger partial charge >= 0.3 is 0 Å². The number of nitrogens with zero attached hydrogens (tertiary/aromatic N) is 5. The lowest BCUT2D eigenvalue weighted by Crippen LogP contribution is -2.43. The highest BCUT2D eigenvalue weighted by Gasteiger charge is 2.27. The minimum atomic E-state index is -0.0738. The summed E-state index contributed by atoms with van der Waals surface area (Å²) in [4.78, 5) is 23.8. The summed E-state index contributed by atoms with van der Waals surface area (Å²) in [5.41, 5.74) is 4.15. The number of carbonyl (C=O) groups is 1. The van der Waals surface area contributed by atoms with Crippen molar-refractivity contribution in [3.63, 3.8) is 0 Å². The largest absolute Gasteiger partial charge is 0.355 e. The summed E-state index contributed by atoms with van der Waals surface area (Å²) >= 11 is 0. The summed E-state index contributed by atoms with van der Waals surface area (Å²) in [5, 5.41) is 8.03. The lowest BCUT2D eigenvalue weighted by Gasteiger charge is -2.32. The van der Waals surface area contributed by atoms with E-state index >= 15 is 0 Å². The van der Waals surface area contributed by atoms with Gasteiger partial charge in [0.25, 0.3) is 0 Å². The molecule has 7 heteroatoms. The molecular formula is C27H28N6O. The fourth-order valence-electron chi connectivity index (χ4n) is 4.46. The molecule has 34 heavy (non-hydrogen) atoms. The van der Waals surface area contributed by atoms with Crippen LogP contribution in [0, 0.1) is 5.92 Å². The van der Waals surface area contributed by atoms with Gasteiger partial charge in [-0.05, 0) is 18.4 Å². The molecule has 0 aliphatic carbocycles. The van der Waals surface area contributed by atoms with Gasteiger partial charge in [-0.2, -0.15) is 5.10 Å². The fourth-order valence-corrected chi connectivity index (χ4v) is 4.46. The van der Waals surface area contributed by atoms with E-state index in [0.717, 1.165) is 42.0 Å². The number of aromatic nitrogens is 4. The van der Waals surface area contributed by atoms with Crippen LogP contribution in [0.5, 0.6) is 0 Å². The minimum absolute atomic E-state index is 0.0726. The maximum absolute atomic E-state index is 13.1. The topological polar surface area (TPSA) is 75.9 Å². The van der Waals surface area contributed by atoms with Crippen LogP contribution in [-0.4, -0.2) is 38.7 Å². The van der Waals surface area contributed by atoms with E-state index in [1.54, 1.807) is 18.6 Å². The van der Waals surface area contributed by atoms with Crippen molar-refractivity contribution < 1.29 is 4.79 Å². The number of amides is 1. The van der Waals surface area contributed by atoms with Crippen LogP contribution in [0.2, 0.25) is 0 Å². The lowest BCUT2D eigenvalue weighted by atomic mass is 9.97. The van der Waals surface area contributed by atoms with E-state index in [9.17, 15) is 4.79 Å². The van der Waals surface area contributed by atoms with E-state index in [0.29, 0.717) is 19.6 Å². The van der Waals surface area contributed by atoms with Crippen molar-refractivity contribution in [3.8, 4) is 11.3 Å². The number of piperidine rings is 1. The van der Waals surface area contributed by atoms with Gasteiger partial charge < -0.3 is 10.2 Å². The Morgan fingerprint density at radius 2 is 1.82 bits per heavy atom. The second kappa shape index (κ2) is 10.3. The Kier molecular flexibility index (Phi) is 6.61. The van der Waals surface area contributed by atoms with Crippen molar-refractivity contribution in [3.05, 3.63) is 96.6 Å². The fraction of sp³-hybridized carbons (Fsp3) is 0.259. The molecule has 1 fully saturated rings. The highest BCUT2D eigenvalue weighted by molar-refractivity contribution is 5.79. The number of anilines is 1. The van der Waals surface area contributed by atoms with Crippen LogP contribution in [0.1, 0.15) is 24.0 Å². The minimum Gasteiger partial charge on any atom is -0.355 e. The van der Waals surface area contributed by atoms with Gasteiger partial charge in [0.05, 0.1) is 24.4 Å². The van der Waals surface area contributed by atoms with Crippen molar-refractivity contribution in [1.29, 1.82) is 0 Å². The van der Waals surface area contributed by atoms with Crippen LogP contribution in [0.3, 0.4) is 0 Å². The molecule has 4 aromatic rings. The maximum Gasteiger partial charge on any atom is 0.225 e. The van der Waals surface area contributed by atoms with Crippen LogP contribution in [0.25, 0.3) is 11.3 Å². The third-order valence-electron chi connectivity index (χ3n) is 6.19. The molecule has 7 nitrogen and oxygen atoms in total. The summed E-state index contributed by atoms with van der Waals surface area (Å²) in [6.07, 6.45) is 8.99. The van der Waals surface area contributed by atoms with E-state index in [-0.39, 0.29) is 11.8 Å². The molecule has 2 aromatic heterocycles. The van der Waals surface area contributed by atoms with Crippen molar-refractivity contribution in [2.45, 2.75) is 25.9 Å². The smallest absolute Gasteiger partial charge is 0.225 e. The first-order valence-electron chi connectivity index (χ1n) is 11.7. The van der Waals surface area contributed by atoms with Crippen LogP contribution < -0.4 is 10.2 Å². The molecule has 0 unspecified atom stereocenters. The summed E-state index contributed by atoms with van der Waals surface area (Å²) in [6.45, 7) is 2.68. The highest BCUT2D eigenvalue weighted by Crippen LogP contribution is 2.24. The van der Waals surface area contributed by atoms with Crippen LogP contribution in [-0.2, 0) is 17.9 Å². The zero-order valence-corrected chi connectivity index (χ0v) is 19.0. The molecular weight excluding hydrogens is 424 g/mol. The van der Waals surface area contributed by atoms with Gasteiger partial charge in [-0.1, -0.05) is 60.7 Å². The second-order valence-corrected chi connectivity index (χ2v) is 8.62. The molecule has 5 rings (SSSR count). The number of benzene rings is 2. The standard InChI is InChI=1S/C27H28N6O/c34-27(23-12-7-15-32(19-23)25-17-28-13-14-29-25)30-16-24-20-33(18-21-8-3-1-4-9-21)31-26(24)22-10-5-2-6-11-22/h1-6,8-11,13-14,17,20,23H,7,12,15-16,18-19H2,(H,30,34)/t23-/m1/s1. The van der Waals surface area contributed by atoms with Crippen molar-refractivity contribution in [1.82, 2.24) is 25.1 Å². The average molecular weight is 453 g/mol. The van der Waals surface area contributed by atoms with E-state index in [1.165, 1.54) is 5.56 Å². The molecule has 1 aliphatic heterocycles. The Morgan fingerprint density at radius 3 is 2.59 bits per heavy atom. The molecule has 1 aliphatic rings.